The summed E-state index contributed by atoms with van der Waals surface area (Å²) in [7, 11) is 0. The maximum Gasteiger partial charge on any atom is 0.163 e. The molecule has 98 valence electrons. The second-order valence-corrected chi connectivity index (χ2v) is 5.58. The molecule has 0 saturated heterocycles. The van der Waals surface area contributed by atoms with E-state index in [1.165, 1.54) is 11.9 Å². The van der Waals surface area contributed by atoms with Gasteiger partial charge in [-0.3, -0.25) is 0 Å². The highest BCUT2D eigenvalue weighted by molar-refractivity contribution is 6.30. The number of nitrogens with zero attached hydrogens (tertiary/aromatic N) is 3. The van der Waals surface area contributed by atoms with E-state index < -0.39 is 0 Å². The van der Waals surface area contributed by atoms with Crippen LogP contribution in [-0.2, 0) is 6.42 Å². The molecule has 0 radical (unpaired) electrons. The minimum atomic E-state index is -0.00250. The number of azo groups is 1. The highest BCUT2D eigenvalue weighted by Crippen LogP contribution is 2.30. The molecule has 1 aromatic rings. The summed E-state index contributed by atoms with van der Waals surface area (Å²) in [5.74, 6) is 0. The van der Waals surface area contributed by atoms with Crippen molar-refractivity contribution in [2.45, 2.75) is 40.3 Å². The van der Waals surface area contributed by atoms with E-state index in [4.69, 9.17) is 11.6 Å². The minimum absolute atomic E-state index is 0. The maximum atomic E-state index is 5.87. The van der Waals surface area contributed by atoms with E-state index in [0.717, 1.165) is 17.9 Å². The van der Waals surface area contributed by atoms with Crippen LogP contribution in [0.1, 0.15) is 33.3 Å². The smallest absolute Gasteiger partial charge is 0.163 e. The van der Waals surface area contributed by atoms with Crippen molar-refractivity contribution in [1.29, 1.82) is 0 Å². The summed E-state index contributed by atoms with van der Waals surface area (Å²) < 4.78 is 0. The molecule has 1 aliphatic heterocycles. The van der Waals surface area contributed by atoms with Crippen molar-refractivity contribution in [2.24, 2.45) is 20.6 Å². The molecule has 0 spiro atoms. The molecule has 0 aliphatic carbocycles. The average molecular weight is 266 g/mol. The summed E-state index contributed by atoms with van der Waals surface area (Å²) in [6, 6.07) is 8.01. The molecule has 0 bridgehead atoms. The third kappa shape index (κ3) is 4.22. The van der Waals surface area contributed by atoms with Gasteiger partial charge in [0.1, 0.15) is 6.34 Å². The van der Waals surface area contributed by atoms with Crippen LogP contribution in [0.3, 0.4) is 0 Å². The zero-order valence-corrected chi connectivity index (χ0v) is 10.9. The van der Waals surface area contributed by atoms with E-state index in [0.29, 0.717) is 0 Å². The van der Waals surface area contributed by atoms with Crippen LogP contribution >= 0.6 is 11.6 Å². The van der Waals surface area contributed by atoms with Crippen LogP contribution in [0.15, 0.2) is 39.5 Å². The van der Waals surface area contributed by atoms with Crippen LogP contribution in [-0.4, -0.2) is 12.5 Å². The van der Waals surface area contributed by atoms with Crippen LogP contribution in [0.4, 0.5) is 0 Å². The largest absolute Gasteiger partial charge is 0.243 e. The first-order chi connectivity index (χ1) is 8.05. The van der Waals surface area contributed by atoms with E-state index in [1.54, 1.807) is 0 Å². The maximum absolute atomic E-state index is 5.87. The Labute approximate surface area is 114 Å². The first-order valence-corrected chi connectivity index (χ1v) is 6.09. The summed E-state index contributed by atoms with van der Waals surface area (Å²) in [6.07, 6.45) is 3.43. The number of benzene rings is 1. The van der Waals surface area contributed by atoms with Crippen LogP contribution in [0, 0.1) is 5.41 Å². The fourth-order valence-electron chi connectivity index (χ4n) is 2.06. The highest BCUT2D eigenvalue weighted by Gasteiger charge is 2.24. The van der Waals surface area contributed by atoms with Gasteiger partial charge >= 0.3 is 0 Å². The lowest BCUT2D eigenvalue weighted by Crippen LogP contribution is -2.20. The fourth-order valence-corrected chi connectivity index (χ4v) is 2.18. The Morgan fingerprint density at radius 1 is 1.22 bits per heavy atom. The van der Waals surface area contributed by atoms with Crippen LogP contribution in [0.2, 0.25) is 5.02 Å². The van der Waals surface area contributed by atoms with Crippen LogP contribution < -0.4 is 0 Å². The van der Waals surface area contributed by atoms with Crippen molar-refractivity contribution in [3.63, 3.8) is 0 Å². The Balaban J connectivity index is 0.00000162. The predicted octanol–water partition coefficient (Wildman–Crippen LogP) is 4.76. The van der Waals surface area contributed by atoms with Crippen molar-refractivity contribution in [3.8, 4) is 0 Å². The van der Waals surface area contributed by atoms with Gasteiger partial charge in [-0.25, -0.2) is 4.99 Å². The van der Waals surface area contributed by atoms with E-state index >= 15 is 0 Å². The molecule has 1 aliphatic rings. The summed E-state index contributed by atoms with van der Waals surface area (Å²) in [5.41, 5.74) is 1.44. The molecule has 4 heteroatoms. The van der Waals surface area contributed by atoms with Gasteiger partial charge in [0.2, 0.25) is 0 Å². The van der Waals surface area contributed by atoms with Gasteiger partial charge in [0.05, 0.1) is 0 Å². The molecular formula is C14H20ClN3. The Morgan fingerprint density at radius 3 is 2.44 bits per heavy atom. The van der Waals surface area contributed by atoms with E-state index in [-0.39, 0.29) is 19.0 Å². The van der Waals surface area contributed by atoms with Gasteiger partial charge in [-0.15, -0.1) is 5.11 Å². The summed E-state index contributed by atoms with van der Waals surface area (Å²) in [5, 5.41) is 8.62. The first kappa shape index (κ1) is 14.8. The van der Waals surface area contributed by atoms with Gasteiger partial charge in [0, 0.05) is 5.02 Å². The molecule has 2 rings (SSSR count). The third-order valence-corrected chi connectivity index (χ3v) is 3.07. The standard InChI is InChI=1S/C13H16ClN3.CH4/c1-13(2,8-12-15-9-16-17-12)7-10-3-5-11(14)6-4-10;/h3-6,9,12H,7-8H2,1-2H3;1H4. The second kappa shape index (κ2) is 6.10. The Hall–Kier alpha value is -1.22. The molecule has 0 amide bonds. The molecule has 1 heterocycles. The zero-order valence-electron chi connectivity index (χ0n) is 10.1. The molecule has 1 aromatic carbocycles. The highest BCUT2D eigenvalue weighted by atomic mass is 35.5. The summed E-state index contributed by atoms with van der Waals surface area (Å²) in [4.78, 5) is 4.20. The molecule has 0 saturated carbocycles. The molecular weight excluding hydrogens is 246 g/mol. The lowest BCUT2D eigenvalue weighted by Gasteiger charge is -2.25. The molecule has 18 heavy (non-hydrogen) atoms. The van der Waals surface area contributed by atoms with Gasteiger partial charge < -0.3 is 0 Å². The average Bonchev–Trinajstić information content (AvgIpc) is 2.73. The molecule has 1 atom stereocenters. The van der Waals surface area contributed by atoms with Crippen molar-refractivity contribution in [3.05, 3.63) is 34.9 Å². The molecule has 1 unspecified atom stereocenters. The zero-order chi connectivity index (χ0) is 12.3. The molecule has 0 fully saturated rings. The number of halogens is 1. The number of aliphatic imine (C=N–C) groups is 1. The molecule has 0 aromatic heterocycles. The van der Waals surface area contributed by atoms with Gasteiger partial charge in [0.15, 0.2) is 6.17 Å². The van der Waals surface area contributed by atoms with Gasteiger partial charge in [-0.1, -0.05) is 45.0 Å². The SMILES string of the molecule is C.CC(C)(Cc1ccc(Cl)cc1)CC1N=CN=N1. The minimum Gasteiger partial charge on any atom is -0.243 e. The number of hydrogen-bond donors (Lipinski definition) is 0. The number of rotatable bonds is 4. The summed E-state index contributed by atoms with van der Waals surface area (Å²) in [6.45, 7) is 4.45. The second-order valence-electron chi connectivity index (χ2n) is 5.15. The van der Waals surface area contributed by atoms with Gasteiger partial charge in [-0.2, -0.15) is 5.11 Å². The quantitative estimate of drug-likeness (QED) is 0.753. The number of hydrogen-bond acceptors (Lipinski definition) is 3. The van der Waals surface area contributed by atoms with Crippen molar-refractivity contribution in [1.82, 2.24) is 0 Å². The molecule has 3 nitrogen and oxygen atoms in total. The van der Waals surface area contributed by atoms with E-state index in [9.17, 15) is 0 Å². The lowest BCUT2D eigenvalue weighted by molar-refractivity contribution is 0.306. The van der Waals surface area contributed by atoms with Crippen LogP contribution in [0.25, 0.3) is 0 Å². The van der Waals surface area contributed by atoms with Crippen LogP contribution in [0.5, 0.6) is 0 Å². The van der Waals surface area contributed by atoms with Crippen molar-refractivity contribution in [2.75, 3.05) is 0 Å². The van der Waals surface area contributed by atoms with Gasteiger partial charge in [-0.05, 0) is 36.0 Å². The van der Waals surface area contributed by atoms with E-state index in [1.807, 2.05) is 12.1 Å². The molecule has 0 N–H and O–H groups in total. The Kier molecular flexibility index (Phi) is 5.03. The topological polar surface area (TPSA) is 37.1 Å². The lowest BCUT2D eigenvalue weighted by atomic mass is 9.82. The normalized spacial score (nSPS) is 17.8. The van der Waals surface area contributed by atoms with Crippen molar-refractivity contribution < 1.29 is 0 Å². The Morgan fingerprint density at radius 2 is 1.89 bits per heavy atom. The monoisotopic (exact) mass is 265 g/mol. The first-order valence-electron chi connectivity index (χ1n) is 5.71. The van der Waals surface area contributed by atoms with Gasteiger partial charge in [0.25, 0.3) is 0 Å². The van der Waals surface area contributed by atoms with E-state index in [2.05, 4.69) is 41.2 Å². The predicted molar refractivity (Wildman–Crippen MR) is 77.4 cm³/mol. The summed E-state index contributed by atoms with van der Waals surface area (Å²) >= 11 is 5.87. The fraction of sp³-hybridized carbons (Fsp3) is 0.500. The third-order valence-electron chi connectivity index (χ3n) is 2.82. The Bertz CT molecular complexity index is 423. The van der Waals surface area contributed by atoms with Crippen molar-refractivity contribution >= 4 is 17.9 Å².